The quantitative estimate of drug-likeness (QED) is 0.780. The molecular weight excluding hydrogens is 282 g/mol. The first-order valence-electron chi connectivity index (χ1n) is 5.92. The van der Waals surface area contributed by atoms with E-state index in [2.05, 4.69) is 46.4 Å². The fourth-order valence-corrected chi connectivity index (χ4v) is 3.53. The van der Waals surface area contributed by atoms with E-state index in [9.17, 15) is 0 Å². The van der Waals surface area contributed by atoms with Crippen molar-refractivity contribution in [3.8, 4) is 0 Å². The van der Waals surface area contributed by atoms with Crippen molar-refractivity contribution in [2.75, 3.05) is 6.54 Å². The Morgan fingerprint density at radius 1 is 1.50 bits per heavy atom. The number of hydrogen-bond acceptors (Lipinski definition) is 2. The highest BCUT2D eigenvalue weighted by molar-refractivity contribution is 9.11. The lowest BCUT2D eigenvalue weighted by molar-refractivity contribution is 0.580. The molecule has 0 saturated heterocycles. The van der Waals surface area contributed by atoms with Crippen molar-refractivity contribution < 1.29 is 0 Å². The van der Waals surface area contributed by atoms with Gasteiger partial charge in [-0.2, -0.15) is 0 Å². The van der Waals surface area contributed by atoms with Crippen LogP contribution in [0.1, 0.15) is 43.5 Å². The highest BCUT2D eigenvalue weighted by Gasteiger charge is 2.08. The summed E-state index contributed by atoms with van der Waals surface area (Å²) in [4.78, 5) is 1.41. The van der Waals surface area contributed by atoms with Crippen LogP contribution in [-0.2, 0) is 0 Å². The molecule has 88 valence electrons. The Labute approximate surface area is 110 Å². The lowest BCUT2D eigenvalue weighted by Crippen LogP contribution is -2.19. The maximum atomic E-state index is 3.59. The maximum Gasteiger partial charge on any atom is 0.0701 e. The fraction of sp³-hybridized carbons (Fsp3) is 0.538. The monoisotopic (exact) mass is 299 g/mol. The highest BCUT2D eigenvalue weighted by atomic mass is 79.9. The zero-order chi connectivity index (χ0) is 11.4. The van der Waals surface area contributed by atoms with Crippen LogP contribution in [0, 0.1) is 0 Å². The van der Waals surface area contributed by atoms with Gasteiger partial charge in [-0.25, -0.2) is 0 Å². The number of halogens is 1. The first kappa shape index (κ1) is 12.3. The van der Waals surface area contributed by atoms with Gasteiger partial charge in [0.2, 0.25) is 0 Å². The van der Waals surface area contributed by atoms with E-state index in [1.54, 1.807) is 5.57 Å². The predicted molar refractivity (Wildman–Crippen MR) is 75.0 cm³/mol. The van der Waals surface area contributed by atoms with Crippen LogP contribution in [0.15, 0.2) is 27.6 Å². The molecule has 0 radical (unpaired) electrons. The van der Waals surface area contributed by atoms with Crippen LogP contribution in [0.3, 0.4) is 0 Å². The summed E-state index contributed by atoms with van der Waals surface area (Å²) in [5, 5.41) is 3.59. The van der Waals surface area contributed by atoms with Crippen LogP contribution in [0.2, 0.25) is 0 Å². The Morgan fingerprint density at radius 3 is 3.00 bits per heavy atom. The average molecular weight is 300 g/mol. The summed E-state index contributed by atoms with van der Waals surface area (Å²) < 4.78 is 1.22. The van der Waals surface area contributed by atoms with Gasteiger partial charge >= 0.3 is 0 Å². The van der Waals surface area contributed by atoms with E-state index >= 15 is 0 Å². The number of allylic oxidation sites excluding steroid dienone is 1. The van der Waals surface area contributed by atoms with Crippen molar-refractivity contribution in [2.24, 2.45) is 0 Å². The number of hydrogen-bond donors (Lipinski definition) is 1. The molecule has 1 atom stereocenters. The molecular formula is C13H18BrNS. The molecule has 1 heterocycles. The van der Waals surface area contributed by atoms with Crippen LogP contribution >= 0.6 is 27.3 Å². The van der Waals surface area contributed by atoms with Crippen molar-refractivity contribution >= 4 is 27.3 Å². The molecule has 1 unspecified atom stereocenters. The van der Waals surface area contributed by atoms with Crippen LogP contribution in [-0.4, -0.2) is 6.54 Å². The van der Waals surface area contributed by atoms with Crippen molar-refractivity contribution in [2.45, 2.75) is 38.6 Å². The summed E-state index contributed by atoms with van der Waals surface area (Å²) in [6, 6.07) is 4.79. The molecule has 0 spiro atoms. The van der Waals surface area contributed by atoms with Crippen LogP contribution in [0.5, 0.6) is 0 Å². The second-order valence-electron chi connectivity index (χ2n) is 4.32. The van der Waals surface area contributed by atoms with Crippen LogP contribution < -0.4 is 5.32 Å². The lowest BCUT2D eigenvalue weighted by Gasteiger charge is -2.12. The van der Waals surface area contributed by atoms with Gasteiger partial charge in [0, 0.05) is 10.9 Å². The Hall–Kier alpha value is -0.120. The third-order valence-electron chi connectivity index (χ3n) is 3.05. The van der Waals surface area contributed by atoms with Gasteiger partial charge in [-0.3, -0.25) is 0 Å². The minimum absolute atomic E-state index is 0.471. The Bertz CT molecular complexity index is 370. The summed E-state index contributed by atoms with van der Waals surface area (Å²) in [5.74, 6) is 0. The van der Waals surface area contributed by atoms with Gasteiger partial charge in [-0.1, -0.05) is 11.6 Å². The van der Waals surface area contributed by atoms with Crippen molar-refractivity contribution in [1.82, 2.24) is 5.32 Å². The summed E-state index contributed by atoms with van der Waals surface area (Å²) in [7, 11) is 0. The first-order chi connectivity index (χ1) is 7.75. The van der Waals surface area contributed by atoms with E-state index in [0.717, 1.165) is 6.54 Å². The van der Waals surface area contributed by atoms with E-state index < -0.39 is 0 Å². The molecule has 0 aliphatic heterocycles. The van der Waals surface area contributed by atoms with Crippen LogP contribution in [0.4, 0.5) is 0 Å². The molecule has 0 fully saturated rings. The molecule has 16 heavy (non-hydrogen) atoms. The molecule has 1 aliphatic carbocycles. The molecule has 2 rings (SSSR count). The minimum atomic E-state index is 0.471. The average Bonchev–Trinajstić information content (AvgIpc) is 2.89. The van der Waals surface area contributed by atoms with Crippen molar-refractivity contribution in [3.05, 3.63) is 32.4 Å². The van der Waals surface area contributed by atoms with Crippen molar-refractivity contribution in [3.63, 3.8) is 0 Å². The Kier molecular flexibility index (Phi) is 4.62. The second kappa shape index (κ2) is 5.99. The largest absolute Gasteiger partial charge is 0.309 e. The zero-order valence-electron chi connectivity index (χ0n) is 9.63. The van der Waals surface area contributed by atoms with E-state index in [1.165, 1.54) is 34.3 Å². The number of rotatable bonds is 5. The summed E-state index contributed by atoms with van der Waals surface area (Å²) in [6.45, 7) is 3.34. The summed E-state index contributed by atoms with van der Waals surface area (Å²) in [5.41, 5.74) is 1.65. The molecule has 1 aromatic rings. The SMILES string of the molecule is CC(NCCC1=CCCC1)c1ccc(Br)s1. The lowest BCUT2D eigenvalue weighted by atomic mass is 10.1. The Morgan fingerprint density at radius 2 is 2.38 bits per heavy atom. The fourth-order valence-electron chi connectivity index (χ4n) is 2.08. The van der Waals surface area contributed by atoms with Gasteiger partial charge in [-0.05, 0) is 67.2 Å². The van der Waals surface area contributed by atoms with Gasteiger partial charge in [0.15, 0.2) is 0 Å². The van der Waals surface area contributed by atoms with E-state index in [-0.39, 0.29) is 0 Å². The summed E-state index contributed by atoms with van der Waals surface area (Å²) in [6.07, 6.45) is 7.61. The number of thiophene rings is 1. The number of nitrogens with one attached hydrogen (secondary N) is 1. The van der Waals surface area contributed by atoms with E-state index in [4.69, 9.17) is 0 Å². The standard InChI is InChI=1S/C13H18BrNS/c1-10(12-6-7-13(14)16-12)15-9-8-11-4-2-3-5-11/h4,6-7,10,15H,2-3,5,8-9H2,1H3. The molecule has 0 bridgehead atoms. The molecule has 1 aromatic heterocycles. The zero-order valence-corrected chi connectivity index (χ0v) is 12.0. The smallest absolute Gasteiger partial charge is 0.0701 e. The molecule has 1 N–H and O–H groups in total. The molecule has 0 saturated carbocycles. The first-order valence-corrected chi connectivity index (χ1v) is 7.53. The van der Waals surface area contributed by atoms with Crippen LogP contribution in [0.25, 0.3) is 0 Å². The van der Waals surface area contributed by atoms with Gasteiger partial charge < -0.3 is 5.32 Å². The van der Waals surface area contributed by atoms with Gasteiger partial charge in [0.05, 0.1) is 3.79 Å². The molecule has 0 amide bonds. The molecule has 1 aliphatic rings. The summed E-state index contributed by atoms with van der Waals surface area (Å²) >= 11 is 5.32. The van der Waals surface area contributed by atoms with Gasteiger partial charge in [-0.15, -0.1) is 11.3 Å². The van der Waals surface area contributed by atoms with Gasteiger partial charge in [0.1, 0.15) is 0 Å². The predicted octanol–water partition coefficient (Wildman–Crippen LogP) is 4.66. The third-order valence-corrected chi connectivity index (χ3v) is 4.86. The Balaban J connectivity index is 1.73. The van der Waals surface area contributed by atoms with Crippen molar-refractivity contribution in [1.29, 1.82) is 0 Å². The second-order valence-corrected chi connectivity index (χ2v) is 6.82. The maximum absolute atomic E-state index is 3.59. The van der Waals surface area contributed by atoms with E-state index in [1.807, 2.05) is 11.3 Å². The molecule has 1 nitrogen and oxygen atoms in total. The topological polar surface area (TPSA) is 12.0 Å². The highest BCUT2D eigenvalue weighted by Crippen LogP contribution is 2.27. The van der Waals surface area contributed by atoms with E-state index in [0.29, 0.717) is 6.04 Å². The minimum Gasteiger partial charge on any atom is -0.309 e. The normalized spacial score (nSPS) is 17.5. The third kappa shape index (κ3) is 3.44. The molecule has 3 heteroatoms. The molecule has 0 aromatic carbocycles. The van der Waals surface area contributed by atoms with Gasteiger partial charge in [0.25, 0.3) is 0 Å².